The lowest BCUT2D eigenvalue weighted by Gasteiger charge is -2.52. The van der Waals surface area contributed by atoms with Crippen LogP contribution in [0.5, 0.6) is 0 Å². The number of aliphatic hydroxyl groups is 1. The van der Waals surface area contributed by atoms with Crippen LogP contribution in [0.15, 0.2) is 0 Å². The van der Waals surface area contributed by atoms with Crippen molar-refractivity contribution in [2.45, 2.75) is 32.9 Å². The normalized spacial score (nSPS) is 26.5. The molecule has 0 atom stereocenters. The van der Waals surface area contributed by atoms with Crippen LogP contribution >= 0.6 is 0 Å². The average molecular weight is 182 g/mol. The lowest BCUT2D eigenvalue weighted by molar-refractivity contribution is -0.288. The first-order chi connectivity index (χ1) is 5.22. The molecule has 1 saturated carbocycles. The van der Waals surface area contributed by atoms with Crippen LogP contribution in [0.3, 0.4) is 0 Å². The molecule has 0 amide bonds. The molecule has 1 fully saturated rings. The summed E-state index contributed by atoms with van der Waals surface area (Å²) in [5.74, 6) is 0. The highest BCUT2D eigenvalue weighted by atomic mass is 19.4. The lowest BCUT2D eigenvalue weighted by atomic mass is 9.54. The van der Waals surface area contributed by atoms with Crippen molar-refractivity contribution in [1.29, 1.82) is 0 Å². The second-order valence-electron chi connectivity index (χ2n) is 4.45. The summed E-state index contributed by atoms with van der Waals surface area (Å²) < 4.78 is 37.0. The molecular weight excluding hydrogens is 169 g/mol. The van der Waals surface area contributed by atoms with Crippen LogP contribution in [0.25, 0.3) is 0 Å². The van der Waals surface area contributed by atoms with E-state index >= 15 is 0 Å². The molecule has 0 unspecified atom stereocenters. The Balaban J connectivity index is 2.72. The van der Waals surface area contributed by atoms with Gasteiger partial charge in [-0.05, 0) is 18.3 Å². The van der Waals surface area contributed by atoms with Crippen LogP contribution in [0.4, 0.5) is 13.2 Å². The summed E-state index contributed by atoms with van der Waals surface area (Å²) >= 11 is 0. The number of rotatable bonds is 1. The molecule has 72 valence electrons. The minimum Gasteiger partial charge on any atom is -0.395 e. The predicted molar refractivity (Wildman–Crippen MR) is 38.6 cm³/mol. The van der Waals surface area contributed by atoms with Gasteiger partial charge in [-0.1, -0.05) is 13.8 Å². The van der Waals surface area contributed by atoms with Gasteiger partial charge in [-0.25, -0.2) is 0 Å². The highest BCUT2D eigenvalue weighted by Crippen LogP contribution is 2.61. The zero-order chi connectivity index (χ0) is 9.62. The molecule has 4 heteroatoms. The molecule has 1 nitrogen and oxygen atoms in total. The summed E-state index contributed by atoms with van der Waals surface area (Å²) in [6.45, 7) is 2.79. The molecule has 1 rings (SSSR count). The lowest BCUT2D eigenvalue weighted by Crippen LogP contribution is -2.54. The van der Waals surface area contributed by atoms with Gasteiger partial charge in [-0.2, -0.15) is 13.2 Å². The first-order valence-electron chi connectivity index (χ1n) is 3.90. The van der Waals surface area contributed by atoms with Crippen molar-refractivity contribution in [1.82, 2.24) is 0 Å². The van der Waals surface area contributed by atoms with Crippen LogP contribution in [-0.2, 0) is 0 Å². The smallest absolute Gasteiger partial charge is 0.395 e. The fourth-order valence-electron chi connectivity index (χ4n) is 2.18. The van der Waals surface area contributed by atoms with Crippen LogP contribution < -0.4 is 0 Å². The predicted octanol–water partition coefficient (Wildman–Crippen LogP) is 2.35. The molecule has 0 aromatic carbocycles. The summed E-state index contributed by atoms with van der Waals surface area (Å²) in [5, 5.41) is 8.68. The molecule has 12 heavy (non-hydrogen) atoms. The van der Waals surface area contributed by atoms with E-state index in [0.717, 1.165) is 0 Å². The molecule has 0 spiro atoms. The van der Waals surface area contributed by atoms with Gasteiger partial charge in [0.25, 0.3) is 0 Å². The molecule has 1 aliphatic rings. The van der Waals surface area contributed by atoms with E-state index in [1.54, 1.807) is 13.8 Å². The number of hydrogen-bond acceptors (Lipinski definition) is 1. The van der Waals surface area contributed by atoms with Crippen molar-refractivity contribution in [3.8, 4) is 0 Å². The Morgan fingerprint density at radius 2 is 1.67 bits per heavy atom. The molecule has 1 N–H and O–H groups in total. The summed E-state index contributed by atoms with van der Waals surface area (Å²) in [4.78, 5) is 0. The third kappa shape index (κ3) is 1.32. The van der Waals surface area contributed by atoms with Gasteiger partial charge < -0.3 is 5.11 Å². The summed E-state index contributed by atoms with van der Waals surface area (Å²) in [7, 11) is 0. The van der Waals surface area contributed by atoms with Gasteiger partial charge in [-0.15, -0.1) is 0 Å². The minimum absolute atomic E-state index is 0.0417. The van der Waals surface area contributed by atoms with Crippen LogP contribution in [0.2, 0.25) is 0 Å². The van der Waals surface area contributed by atoms with Crippen LogP contribution in [0.1, 0.15) is 26.7 Å². The van der Waals surface area contributed by atoms with E-state index in [-0.39, 0.29) is 18.3 Å². The van der Waals surface area contributed by atoms with E-state index in [9.17, 15) is 13.2 Å². The van der Waals surface area contributed by atoms with E-state index in [2.05, 4.69) is 0 Å². The van der Waals surface area contributed by atoms with Crippen molar-refractivity contribution in [2.75, 3.05) is 6.61 Å². The average Bonchev–Trinajstić information content (AvgIpc) is 1.78. The Labute approximate surface area is 69.6 Å². The van der Waals surface area contributed by atoms with Gasteiger partial charge >= 0.3 is 6.18 Å². The Morgan fingerprint density at radius 1 is 1.25 bits per heavy atom. The molecule has 0 aromatic heterocycles. The van der Waals surface area contributed by atoms with Gasteiger partial charge in [0.1, 0.15) is 0 Å². The van der Waals surface area contributed by atoms with Crippen LogP contribution in [-0.4, -0.2) is 17.9 Å². The maximum Gasteiger partial charge on any atom is 0.396 e. The first kappa shape index (κ1) is 9.84. The summed E-state index contributed by atoms with van der Waals surface area (Å²) in [6, 6.07) is 0. The van der Waals surface area contributed by atoms with Gasteiger partial charge in [0.05, 0.1) is 12.0 Å². The maximum absolute atomic E-state index is 12.3. The van der Waals surface area contributed by atoms with Gasteiger partial charge in [0.2, 0.25) is 0 Å². The number of alkyl halides is 3. The topological polar surface area (TPSA) is 20.2 Å². The van der Waals surface area contributed by atoms with E-state index < -0.39 is 18.2 Å². The monoisotopic (exact) mass is 182 g/mol. The minimum atomic E-state index is -4.25. The largest absolute Gasteiger partial charge is 0.396 e. The van der Waals surface area contributed by atoms with Gasteiger partial charge in [0, 0.05) is 0 Å². The Hall–Kier alpha value is -0.250. The van der Waals surface area contributed by atoms with E-state index in [0.29, 0.717) is 0 Å². The third-order valence-electron chi connectivity index (χ3n) is 2.54. The van der Waals surface area contributed by atoms with Crippen molar-refractivity contribution >= 4 is 0 Å². The standard InChI is InChI=1S/C8H13F3O/c1-6(2)3-7(4-6,5-12)8(9,10)11/h12H,3-5H2,1-2H3. The van der Waals surface area contributed by atoms with Gasteiger partial charge in [0.15, 0.2) is 0 Å². The second kappa shape index (κ2) is 2.37. The Kier molecular flexibility index (Phi) is 1.95. The fraction of sp³-hybridized carbons (Fsp3) is 1.00. The van der Waals surface area contributed by atoms with Crippen molar-refractivity contribution in [3.05, 3.63) is 0 Å². The van der Waals surface area contributed by atoms with E-state index in [1.165, 1.54) is 0 Å². The van der Waals surface area contributed by atoms with Gasteiger partial charge in [-0.3, -0.25) is 0 Å². The Morgan fingerprint density at radius 3 is 1.75 bits per heavy atom. The number of aliphatic hydroxyl groups excluding tert-OH is 1. The summed E-state index contributed by atoms with van der Waals surface area (Å²) in [6.07, 6.45) is -4.17. The highest BCUT2D eigenvalue weighted by molar-refractivity contribution is 5.02. The molecule has 0 saturated heterocycles. The quantitative estimate of drug-likeness (QED) is 0.660. The van der Waals surface area contributed by atoms with E-state index in [1.807, 2.05) is 0 Å². The SMILES string of the molecule is CC1(C)CC(CO)(C(F)(F)F)C1. The third-order valence-corrected chi connectivity index (χ3v) is 2.54. The number of halogens is 3. The van der Waals surface area contributed by atoms with Crippen molar-refractivity contribution in [2.24, 2.45) is 10.8 Å². The molecule has 1 aliphatic carbocycles. The van der Waals surface area contributed by atoms with Crippen molar-refractivity contribution < 1.29 is 18.3 Å². The zero-order valence-electron chi connectivity index (χ0n) is 7.20. The fourth-order valence-corrected chi connectivity index (χ4v) is 2.18. The maximum atomic E-state index is 12.3. The molecule has 0 radical (unpaired) electrons. The van der Waals surface area contributed by atoms with Crippen LogP contribution in [0, 0.1) is 10.8 Å². The molecule has 0 aromatic rings. The molecule has 0 heterocycles. The Bertz CT molecular complexity index is 175. The van der Waals surface area contributed by atoms with Crippen molar-refractivity contribution in [3.63, 3.8) is 0 Å². The highest BCUT2D eigenvalue weighted by Gasteiger charge is 2.64. The first-order valence-corrected chi connectivity index (χ1v) is 3.90. The summed E-state index contributed by atoms with van der Waals surface area (Å²) in [5.41, 5.74) is -2.07. The molecule has 0 aliphatic heterocycles. The second-order valence-corrected chi connectivity index (χ2v) is 4.45. The number of hydrogen-bond donors (Lipinski definition) is 1. The van der Waals surface area contributed by atoms with E-state index in [4.69, 9.17) is 5.11 Å². The molecular formula is C8H13F3O. The molecule has 0 bridgehead atoms. The zero-order valence-corrected chi connectivity index (χ0v) is 7.20.